The molecular formula is C17H17ClN2O3S. The number of furan rings is 1. The average molecular weight is 365 g/mol. The summed E-state index contributed by atoms with van der Waals surface area (Å²) in [7, 11) is 0. The van der Waals surface area contributed by atoms with Crippen LogP contribution in [-0.4, -0.2) is 39.8 Å². The molecule has 0 fully saturated rings. The van der Waals surface area contributed by atoms with E-state index >= 15 is 0 Å². The van der Waals surface area contributed by atoms with Gasteiger partial charge in [-0.15, -0.1) is 11.8 Å². The second-order valence-corrected chi connectivity index (χ2v) is 6.85. The lowest BCUT2D eigenvalue weighted by Crippen LogP contribution is -2.28. The first-order valence-corrected chi connectivity index (χ1v) is 9.10. The molecule has 1 N–H and O–H groups in total. The lowest BCUT2D eigenvalue weighted by molar-refractivity contribution is -0.130. The zero-order valence-electron chi connectivity index (χ0n) is 12.9. The highest BCUT2D eigenvalue weighted by Crippen LogP contribution is 2.33. The Labute approximate surface area is 149 Å². The van der Waals surface area contributed by atoms with Gasteiger partial charge >= 0.3 is 0 Å². The number of thioether (sulfide) groups is 1. The maximum Gasteiger partial charge on any atom is 0.253 e. The van der Waals surface area contributed by atoms with Crippen molar-refractivity contribution in [3.8, 4) is 0 Å². The summed E-state index contributed by atoms with van der Waals surface area (Å²) < 4.78 is 5.49. The third-order valence-corrected chi connectivity index (χ3v) is 4.85. The van der Waals surface area contributed by atoms with Gasteiger partial charge in [-0.25, -0.2) is 5.01 Å². The van der Waals surface area contributed by atoms with Crippen LogP contribution >= 0.6 is 23.4 Å². The van der Waals surface area contributed by atoms with Crippen LogP contribution in [0.2, 0.25) is 5.02 Å². The Hall–Kier alpha value is -1.76. The number of carbonyl (C=O) groups excluding carboxylic acids is 1. The molecule has 0 spiro atoms. The van der Waals surface area contributed by atoms with Crippen molar-refractivity contribution in [1.82, 2.24) is 5.01 Å². The maximum atomic E-state index is 12.5. The number of benzene rings is 1. The van der Waals surface area contributed by atoms with E-state index in [-0.39, 0.29) is 24.3 Å². The first-order chi connectivity index (χ1) is 11.7. The average Bonchev–Trinajstić information content (AvgIpc) is 3.25. The molecule has 2 aromatic rings. The third kappa shape index (κ3) is 3.83. The molecule has 0 saturated heterocycles. The highest BCUT2D eigenvalue weighted by Gasteiger charge is 2.34. The Balaban J connectivity index is 1.82. The molecule has 0 radical (unpaired) electrons. The van der Waals surface area contributed by atoms with Crippen LogP contribution in [0.15, 0.2) is 52.2 Å². The van der Waals surface area contributed by atoms with E-state index in [1.54, 1.807) is 12.3 Å². The minimum absolute atomic E-state index is 0.0544. The Bertz CT molecular complexity index is 716. The second kappa shape index (κ2) is 7.88. The first kappa shape index (κ1) is 17.1. The van der Waals surface area contributed by atoms with Crippen molar-refractivity contribution in [3.05, 3.63) is 59.0 Å². The molecule has 5 nitrogen and oxygen atoms in total. The minimum Gasteiger partial charge on any atom is -0.467 e. The molecule has 1 aromatic heterocycles. The van der Waals surface area contributed by atoms with Gasteiger partial charge in [0.2, 0.25) is 0 Å². The Kier molecular flexibility index (Phi) is 5.60. The maximum absolute atomic E-state index is 12.5. The lowest BCUT2D eigenvalue weighted by atomic mass is 10.0. The number of rotatable bonds is 6. The monoisotopic (exact) mass is 364 g/mol. The minimum atomic E-state index is -0.243. The molecule has 1 aliphatic heterocycles. The van der Waals surface area contributed by atoms with Crippen molar-refractivity contribution < 1.29 is 14.3 Å². The predicted octanol–water partition coefficient (Wildman–Crippen LogP) is 3.34. The van der Waals surface area contributed by atoms with Gasteiger partial charge in [0, 0.05) is 17.2 Å². The third-order valence-electron chi connectivity index (χ3n) is 3.68. The molecule has 126 valence electrons. The van der Waals surface area contributed by atoms with Gasteiger partial charge in [0.05, 0.1) is 24.3 Å². The number of aliphatic hydroxyl groups is 1. The molecule has 24 heavy (non-hydrogen) atoms. The number of nitrogens with zero attached hydrogens (tertiary/aromatic N) is 2. The van der Waals surface area contributed by atoms with Gasteiger partial charge in [-0.1, -0.05) is 23.7 Å². The molecule has 0 unspecified atom stereocenters. The van der Waals surface area contributed by atoms with Crippen LogP contribution in [0.3, 0.4) is 0 Å². The Morgan fingerprint density at radius 3 is 2.83 bits per heavy atom. The predicted molar refractivity (Wildman–Crippen MR) is 95.3 cm³/mol. The van der Waals surface area contributed by atoms with E-state index in [4.69, 9.17) is 21.1 Å². The molecule has 1 amide bonds. The Morgan fingerprint density at radius 1 is 1.38 bits per heavy atom. The summed E-state index contributed by atoms with van der Waals surface area (Å²) in [6, 6.07) is 10.8. The molecule has 1 aromatic carbocycles. The summed E-state index contributed by atoms with van der Waals surface area (Å²) in [4.78, 5) is 12.5. The molecule has 0 saturated carbocycles. The van der Waals surface area contributed by atoms with Gasteiger partial charge in [-0.3, -0.25) is 4.79 Å². The highest BCUT2D eigenvalue weighted by atomic mass is 35.5. The van der Waals surface area contributed by atoms with Crippen LogP contribution in [0, 0.1) is 0 Å². The number of amides is 1. The summed E-state index contributed by atoms with van der Waals surface area (Å²) in [5.41, 5.74) is 1.77. The van der Waals surface area contributed by atoms with Gasteiger partial charge < -0.3 is 9.52 Å². The number of halogens is 1. The highest BCUT2D eigenvalue weighted by molar-refractivity contribution is 7.99. The fourth-order valence-corrected chi connectivity index (χ4v) is 3.26. The van der Waals surface area contributed by atoms with Crippen LogP contribution in [0.4, 0.5) is 0 Å². The van der Waals surface area contributed by atoms with E-state index in [2.05, 4.69) is 5.10 Å². The van der Waals surface area contributed by atoms with Crippen LogP contribution in [0.1, 0.15) is 23.8 Å². The van der Waals surface area contributed by atoms with Crippen LogP contribution in [0.25, 0.3) is 0 Å². The largest absolute Gasteiger partial charge is 0.467 e. The summed E-state index contributed by atoms with van der Waals surface area (Å²) >= 11 is 7.32. The summed E-state index contributed by atoms with van der Waals surface area (Å²) in [6.45, 7) is 0.0544. The first-order valence-electron chi connectivity index (χ1n) is 7.56. The van der Waals surface area contributed by atoms with E-state index < -0.39 is 0 Å². The van der Waals surface area contributed by atoms with Crippen molar-refractivity contribution in [2.75, 3.05) is 18.1 Å². The van der Waals surface area contributed by atoms with Crippen molar-refractivity contribution in [2.24, 2.45) is 5.10 Å². The summed E-state index contributed by atoms with van der Waals surface area (Å²) in [6.07, 6.45) is 2.18. The smallest absolute Gasteiger partial charge is 0.253 e. The van der Waals surface area contributed by atoms with Gasteiger partial charge in [0.15, 0.2) is 0 Å². The topological polar surface area (TPSA) is 66.0 Å². The van der Waals surface area contributed by atoms with Crippen LogP contribution in [-0.2, 0) is 4.79 Å². The standard InChI is InChI=1S/C17H17ClN2O3S/c18-13-5-3-12(4-6-13)14-10-15(16-2-1-8-23-16)20(19-14)17(22)11-24-9-7-21/h1-6,8,15,21H,7,9-11H2/t15-/m1/s1. The number of hydrogen-bond donors (Lipinski definition) is 1. The summed E-state index contributed by atoms with van der Waals surface area (Å²) in [5, 5.41) is 15.5. The SMILES string of the molecule is O=C(CSCCO)N1N=C(c2ccc(Cl)cc2)C[C@@H]1c1ccco1. The molecule has 1 aliphatic rings. The normalized spacial score (nSPS) is 17.2. The number of hydrogen-bond acceptors (Lipinski definition) is 5. The molecule has 1 atom stereocenters. The molecule has 3 rings (SSSR count). The number of hydrazone groups is 1. The lowest BCUT2D eigenvalue weighted by Gasteiger charge is -2.19. The van der Waals surface area contributed by atoms with Crippen LogP contribution < -0.4 is 0 Å². The molecule has 7 heteroatoms. The van der Waals surface area contributed by atoms with E-state index in [0.29, 0.717) is 23.0 Å². The Morgan fingerprint density at radius 2 is 2.17 bits per heavy atom. The zero-order chi connectivity index (χ0) is 16.9. The number of aliphatic hydroxyl groups excluding tert-OH is 1. The zero-order valence-corrected chi connectivity index (χ0v) is 14.5. The van der Waals surface area contributed by atoms with E-state index in [9.17, 15) is 4.79 Å². The van der Waals surface area contributed by atoms with E-state index in [1.807, 2.05) is 30.3 Å². The van der Waals surface area contributed by atoms with Crippen molar-refractivity contribution in [1.29, 1.82) is 0 Å². The molecule has 0 bridgehead atoms. The van der Waals surface area contributed by atoms with Gasteiger partial charge in [-0.2, -0.15) is 5.10 Å². The van der Waals surface area contributed by atoms with Crippen molar-refractivity contribution >= 4 is 35.0 Å². The quantitative estimate of drug-likeness (QED) is 0.798. The van der Waals surface area contributed by atoms with Crippen molar-refractivity contribution in [2.45, 2.75) is 12.5 Å². The van der Waals surface area contributed by atoms with E-state index in [0.717, 1.165) is 11.3 Å². The second-order valence-electron chi connectivity index (χ2n) is 5.30. The fraction of sp³-hybridized carbons (Fsp3) is 0.294. The fourth-order valence-electron chi connectivity index (χ4n) is 2.55. The number of carbonyl (C=O) groups is 1. The molecular weight excluding hydrogens is 348 g/mol. The molecule has 2 heterocycles. The van der Waals surface area contributed by atoms with Gasteiger partial charge in [-0.05, 0) is 29.8 Å². The van der Waals surface area contributed by atoms with Gasteiger partial charge in [0.1, 0.15) is 11.8 Å². The van der Waals surface area contributed by atoms with Crippen LogP contribution in [0.5, 0.6) is 0 Å². The molecule has 0 aliphatic carbocycles. The summed E-state index contributed by atoms with van der Waals surface area (Å²) in [5.74, 6) is 1.41. The van der Waals surface area contributed by atoms with Gasteiger partial charge in [0.25, 0.3) is 5.91 Å². The van der Waals surface area contributed by atoms with Crippen molar-refractivity contribution in [3.63, 3.8) is 0 Å². The van der Waals surface area contributed by atoms with E-state index in [1.165, 1.54) is 16.8 Å².